The molecule has 1 heterocycles. The molecule has 0 spiro atoms. The van der Waals surface area contributed by atoms with Crippen molar-refractivity contribution in [3.05, 3.63) is 35.4 Å². The number of ether oxygens (including phenoxy) is 2. The van der Waals surface area contributed by atoms with Crippen molar-refractivity contribution in [1.82, 2.24) is 4.90 Å². The number of esters is 1. The number of hydrogen-bond donors (Lipinski definition) is 1. The van der Waals surface area contributed by atoms with Crippen LogP contribution in [0.1, 0.15) is 20.7 Å². The highest BCUT2D eigenvalue weighted by Gasteiger charge is 2.31. The normalized spacial score (nSPS) is 18.1. The van der Waals surface area contributed by atoms with Crippen LogP contribution in [0.15, 0.2) is 24.3 Å². The molecule has 7 heteroatoms. The third kappa shape index (κ3) is 3.19. The van der Waals surface area contributed by atoms with Crippen LogP contribution in [0.3, 0.4) is 0 Å². The second kappa shape index (κ2) is 6.36. The minimum absolute atomic E-state index is 0.0411. The zero-order chi connectivity index (χ0) is 15.4. The zero-order valence-electron chi connectivity index (χ0n) is 11.4. The molecular weight excluding hydrogens is 278 g/mol. The Morgan fingerprint density at radius 3 is 2.57 bits per heavy atom. The maximum Gasteiger partial charge on any atom is 0.336 e. The van der Waals surface area contributed by atoms with Gasteiger partial charge in [0.1, 0.15) is 0 Å². The van der Waals surface area contributed by atoms with E-state index in [1.54, 1.807) is 12.1 Å². The minimum Gasteiger partial charge on any atom is -0.478 e. The standard InChI is InChI=1S/C14H15NO6/c1-20-14(19)11-8-15(6-7-21-11)12(16)9-4-2-3-5-10(9)13(17)18/h2-5,11H,6-8H2,1H3,(H,17,18). The Kier molecular flexibility index (Phi) is 4.54. The van der Waals surface area contributed by atoms with E-state index in [1.165, 1.54) is 24.1 Å². The lowest BCUT2D eigenvalue weighted by atomic mass is 10.1. The summed E-state index contributed by atoms with van der Waals surface area (Å²) in [7, 11) is 1.24. The van der Waals surface area contributed by atoms with Crippen molar-refractivity contribution < 1.29 is 29.0 Å². The van der Waals surface area contributed by atoms with Crippen molar-refractivity contribution in [3.63, 3.8) is 0 Å². The van der Waals surface area contributed by atoms with Crippen LogP contribution in [0.2, 0.25) is 0 Å². The van der Waals surface area contributed by atoms with Crippen LogP contribution in [0.4, 0.5) is 0 Å². The molecule has 1 atom stereocenters. The number of aromatic carboxylic acids is 1. The van der Waals surface area contributed by atoms with E-state index in [0.717, 1.165) is 0 Å². The Bertz CT molecular complexity index is 570. The summed E-state index contributed by atoms with van der Waals surface area (Å²) < 4.78 is 9.83. The van der Waals surface area contributed by atoms with Crippen molar-refractivity contribution >= 4 is 17.8 Å². The highest BCUT2D eigenvalue weighted by Crippen LogP contribution is 2.15. The maximum absolute atomic E-state index is 12.4. The lowest BCUT2D eigenvalue weighted by molar-refractivity contribution is -0.158. The highest BCUT2D eigenvalue weighted by atomic mass is 16.6. The molecule has 0 saturated carbocycles. The summed E-state index contributed by atoms with van der Waals surface area (Å²) >= 11 is 0. The van der Waals surface area contributed by atoms with Crippen LogP contribution >= 0.6 is 0 Å². The van der Waals surface area contributed by atoms with E-state index in [1.807, 2.05) is 0 Å². The van der Waals surface area contributed by atoms with Gasteiger partial charge in [0.25, 0.3) is 5.91 Å². The van der Waals surface area contributed by atoms with Gasteiger partial charge >= 0.3 is 11.9 Å². The first-order valence-electron chi connectivity index (χ1n) is 6.35. The first kappa shape index (κ1) is 15.0. The van der Waals surface area contributed by atoms with Crippen LogP contribution in [0.25, 0.3) is 0 Å². The third-order valence-electron chi connectivity index (χ3n) is 3.21. The number of amides is 1. The number of rotatable bonds is 3. The first-order chi connectivity index (χ1) is 10.0. The molecule has 7 nitrogen and oxygen atoms in total. The van der Waals surface area contributed by atoms with Gasteiger partial charge in [0, 0.05) is 6.54 Å². The third-order valence-corrected chi connectivity index (χ3v) is 3.21. The fraction of sp³-hybridized carbons (Fsp3) is 0.357. The summed E-state index contributed by atoms with van der Waals surface area (Å²) in [6, 6.07) is 5.97. The van der Waals surface area contributed by atoms with E-state index in [-0.39, 0.29) is 24.3 Å². The molecule has 1 aliphatic heterocycles. The average molecular weight is 293 g/mol. The molecule has 1 amide bonds. The summed E-state index contributed by atoms with van der Waals surface area (Å²) in [5, 5.41) is 9.12. The SMILES string of the molecule is COC(=O)C1CN(C(=O)c2ccccc2C(=O)O)CCO1. The molecular formula is C14H15NO6. The van der Waals surface area contributed by atoms with Gasteiger partial charge in [0.15, 0.2) is 6.10 Å². The summed E-state index contributed by atoms with van der Waals surface area (Å²) in [5.74, 6) is -2.17. The highest BCUT2D eigenvalue weighted by molar-refractivity contribution is 6.04. The molecule has 1 aromatic carbocycles. The van der Waals surface area contributed by atoms with Crippen molar-refractivity contribution in [2.45, 2.75) is 6.10 Å². The summed E-state index contributed by atoms with van der Waals surface area (Å²) in [5.41, 5.74) is 0.0270. The smallest absolute Gasteiger partial charge is 0.336 e. The largest absolute Gasteiger partial charge is 0.478 e. The summed E-state index contributed by atoms with van der Waals surface area (Å²) in [4.78, 5) is 36.5. The minimum atomic E-state index is -1.17. The Morgan fingerprint density at radius 2 is 1.95 bits per heavy atom. The fourth-order valence-electron chi connectivity index (χ4n) is 2.13. The number of carboxylic acids is 1. The van der Waals surface area contributed by atoms with E-state index < -0.39 is 23.9 Å². The molecule has 0 aromatic heterocycles. The molecule has 0 aliphatic carbocycles. The number of methoxy groups -OCH3 is 1. The topological polar surface area (TPSA) is 93.1 Å². The molecule has 21 heavy (non-hydrogen) atoms. The molecule has 112 valence electrons. The second-order valence-electron chi connectivity index (χ2n) is 4.48. The Balaban J connectivity index is 2.20. The first-order valence-corrected chi connectivity index (χ1v) is 6.35. The van der Waals surface area contributed by atoms with E-state index >= 15 is 0 Å². The van der Waals surface area contributed by atoms with Crippen LogP contribution in [0.5, 0.6) is 0 Å². The zero-order valence-corrected chi connectivity index (χ0v) is 11.4. The predicted molar refractivity (Wildman–Crippen MR) is 71.1 cm³/mol. The average Bonchev–Trinajstić information content (AvgIpc) is 2.53. The van der Waals surface area contributed by atoms with Gasteiger partial charge in [-0.2, -0.15) is 0 Å². The van der Waals surface area contributed by atoms with Gasteiger partial charge in [-0.05, 0) is 12.1 Å². The number of carboxylic acid groups (broad SMARTS) is 1. The van der Waals surface area contributed by atoms with Crippen molar-refractivity contribution in [3.8, 4) is 0 Å². The van der Waals surface area contributed by atoms with Crippen LogP contribution in [0, 0.1) is 0 Å². The molecule has 1 saturated heterocycles. The molecule has 0 radical (unpaired) electrons. The molecule has 1 aliphatic rings. The van der Waals surface area contributed by atoms with Gasteiger partial charge in [-0.15, -0.1) is 0 Å². The molecule has 1 aromatic rings. The van der Waals surface area contributed by atoms with E-state index in [9.17, 15) is 14.4 Å². The van der Waals surface area contributed by atoms with Crippen molar-refractivity contribution in [2.24, 2.45) is 0 Å². The predicted octanol–water partition coefficient (Wildman–Crippen LogP) is 0.399. The van der Waals surface area contributed by atoms with Gasteiger partial charge in [0.05, 0.1) is 31.4 Å². The van der Waals surface area contributed by atoms with Crippen molar-refractivity contribution in [1.29, 1.82) is 0 Å². The van der Waals surface area contributed by atoms with E-state index in [2.05, 4.69) is 4.74 Å². The quantitative estimate of drug-likeness (QED) is 0.811. The number of benzene rings is 1. The Labute approximate surface area is 121 Å². The van der Waals surface area contributed by atoms with Crippen molar-refractivity contribution in [2.75, 3.05) is 26.8 Å². The van der Waals surface area contributed by atoms with Gasteiger partial charge < -0.3 is 19.5 Å². The van der Waals surface area contributed by atoms with Crippen LogP contribution in [-0.4, -0.2) is 60.8 Å². The van der Waals surface area contributed by atoms with Crippen LogP contribution < -0.4 is 0 Å². The second-order valence-corrected chi connectivity index (χ2v) is 4.48. The molecule has 1 N–H and O–H groups in total. The molecule has 2 rings (SSSR count). The Hall–Kier alpha value is -2.41. The van der Waals surface area contributed by atoms with E-state index in [0.29, 0.717) is 6.54 Å². The molecule has 1 unspecified atom stereocenters. The van der Waals surface area contributed by atoms with Gasteiger partial charge in [-0.1, -0.05) is 12.1 Å². The molecule has 1 fully saturated rings. The number of hydrogen-bond acceptors (Lipinski definition) is 5. The molecule has 0 bridgehead atoms. The fourth-order valence-corrected chi connectivity index (χ4v) is 2.13. The van der Waals surface area contributed by atoms with Gasteiger partial charge in [-0.25, -0.2) is 9.59 Å². The monoisotopic (exact) mass is 293 g/mol. The van der Waals surface area contributed by atoms with Gasteiger partial charge in [-0.3, -0.25) is 4.79 Å². The summed E-state index contributed by atoms with van der Waals surface area (Å²) in [6.45, 7) is 0.528. The number of nitrogens with zero attached hydrogens (tertiary/aromatic N) is 1. The number of carbonyl (C=O) groups is 3. The van der Waals surface area contributed by atoms with E-state index in [4.69, 9.17) is 9.84 Å². The Morgan fingerprint density at radius 1 is 1.29 bits per heavy atom. The number of morpholine rings is 1. The lowest BCUT2D eigenvalue weighted by Gasteiger charge is -2.31. The van der Waals surface area contributed by atoms with Gasteiger partial charge in [0.2, 0.25) is 0 Å². The maximum atomic E-state index is 12.4. The van der Waals surface area contributed by atoms with Crippen LogP contribution in [-0.2, 0) is 14.3 Å². The number of carbonyl (C=O) groups excluding carboxylic acids is 2. The summed E-state index contributed by atoms with van der Waals surface area (Å²) in [6.07, 6.45) is -0.843. The lowest BCUT2D eigenvalue weighted by Crippen LogP contribution is -2.49.